The van der Waals surface area contributed by atoms with Gasteiger partial charge < -0.3 is 4.74 Å². The first-order chi connectivity index (χ1) is 11.0. The monoisotopic (exact) mass is 330 g/mol. The molecule has 0 atom stereocenters. The molecule has 3 rings (SSSR count). The van der Waals surface area contributed by atoms with Crippen molar-refractivity contribution < 1.29 is 9.53 Å². The molecule has 0 radical (unpaired) electrons. The molecule has 7 heteroatoms. The summed E-state index contributed by atoms with van der Waals surface area (Å²) in [5.41, 5.74) is 2.21. The predicted octanol–water partition coefficient (Wildman–Crippen LogP) is 3.12. The number of ether oxygens (including phenoxy) is 1. The number of aryl methyl sites for hydroxylation is 3. The van der Waals surface area contributed by atoms with Crippen molar-refractivity contribution in [3.63, 3.8) is 0 Å². The number of fused-ring (bicyclic) bond motifs is 1. The smallest absolute Gasteiger partial charge is 0.250 e. The highest BCUT2D eigenvalue weighted by atomic mass is 32.1. The molecule has 0 spiro atoms. The number of carbonyl (C=O) groups excluding carboxylic acids is 1. The van der Waals surface area contributed by atoms with Crippen molar-refractivity contribution in [2.24, 2.45) is 0 Å². The van der Waals surface area contributed by atoms with E-state index in [4.69, 9.17) is 4.74 Å². The molecule has 0 bridgehead atoms. The fourth-order valence-electron chi connectivity index (χ4n) is 2.08. The van der Waals surface area contributed by atoms with Gasteiger partial charge in [-0.15, -0.1) is 5.10 Å². The molecule has 1 amide bonds. The fourth-order valence-corrected chi connectivity index (χ4v) is 2.98. The van der Waals surface area contributed by atoms with Gasteiger partial charge in [0, 0.05) is 4.88 Å². The number of nitrogens with one attached hydrogen (secondary N) is 1. The third kappa shape index (κ3) is 3.50. The molecule has 0 aliphatic carbocycles. The second-order valence-electron chi connectivity index (χ2n) is 5.33. The summed E-state index contributed by atoms with van der Waals surface area (Å²) < 4.78 is 7.29. The van der Waals surface area contributed by atoms with Gasteiger partial charge in [0.05, 0.1) is 18.7 Å². The van der Waals surface area contributed by atoms with Crippen LogP contribution in [-0.4, -0.2) is 27.1 Å². The van der Waals surface area contributed by atoms with Crippen LogP contribution in [0.15, 0.2) is 24.3 Å². The number of rotatable bonds is 5. The first-order valence-electron chi connectivity index (χ1n) is 7.35. The minimum Gasteiger partial charge on any atom is -0.493 e. The van der Waals surface area contributed by atoms with Crippen LogP contribution in [0.4, 0.5) is 5.95 Å². The summed E-state index contributed by atoms with van der Waals surface area (Å²) in [7, 11) is 0. The molecule has 0 fully saturated rings. The van der Waals surface area contributed by atoms with Gasteiger partial charge in [0.15, 0.2) is 0 Å². The van der Waals surface area contributed by atoms with Gasteiger partial charge in [0.1, 0.15) is 5.75 Å². The van der Waals surface area contributed by atoms with Gasteiger partial charge in [-0.05, 0) is 32.9 Å². The van der Waals surface area contributed by atoms with E-state index in [-0.39, 0.29) is 12.3 Å². The molecule has 2 heterocycles. The van der Waals surface area contributed by atoms with Crippen molar-refractivity contribution in [2.75, 3.05) is 11.9 Å². The van der Waals surface area contributed by atoms with Crippen LogP contribution in [-0.2, 0) is 4.79 Å². The highest BCUT2D eigenvalue weighted by molar-refractivity contribution is 7.17. The van der Waals surface area contributed by atoms with Crippen LogP contribution in [0.25, 0.3) is 4.96 Å². The second-order valence-corrected chi connectivity index (χ2v) is 6.51. The number of amides is 1. The minimum atomic E-state index is -0.162. The minimum absolute atomic E-state index is 0.162. The normalized spacial score (nSPS) is 10.9. The number of thiazole rings is 1. The van der Waals surface area contributed by atoms with E-state index in [0.717, 1.165) is 16.4 Å². The Bertz CT molecular complexity index is 836. The third-order valence-electron chi connectivity index (χ3n) is 3.52. The standard InChI is InChI=1S/C16H18N4O2S/c1-10-4-6-13(7-5-10)22-9-8-14(21)17-15-18-16-20(19-15)11(2)12(3)23-16/h4-7H,8-9H2,1-3H3,(H,17,19,21). The molecule has 1 aromatic carbocycles. The molecular formula is C16H18N4O2S. The second kappa shape index (κ2) is 6.37. The Hall–Kier alpha value is -2.41. The molecule has 120 valence electrons. The van der Waals surface area contributed by atoms with Crippen LogP contribution in [0.1, 0.15) is 22.6 Å². The molecule has 2 aromatic heterocycles. The molecule has 0 saturated heterocycles. The van der Waals surface area contributed by atoms with Gasteiger partial charge >= 0.3 is 0 Å². The average Bonchev–Trinajstić information content (AvgIpc) is 3.01. The molecule has 6 nitrogen and oxygen atoms in total. The maximum absolute atomic E-state index is 11.9. The van der Waals surface area contributed by atoms with Crippen LogP contribution in [0, 0.1) is 20.8 Å². The van der Waals surface area contributed by atoms with Gasteiger partial charge in [-0.25, -0.2) is 4.52 Å². The van der Waals surface area contributed by atoms with Crippen molar-refractivity contribution in [1.29, 1.82) is 0 Å². The Kier molecular flexibility index (Phi) is 4.29. The quantitative estimate of drug-likeness (QED) is 0.780. The lowest BCUT2D eigenvalue weighted by Gasteiger charge is -2.05. The first-order valence-corrected chi connectivity index (χ1v) is 8.16. The van der Waals surface area contributed by atoms with Gasteiger partial charge in [-0.1, -0.05) is 29.0 Å². The zero-order valence-corrected chi connectivity index (χ0v) is 14.1. The zero-order valence-electron chi connectivity index (χ0n) is 13.3. The number of hydrogen-bond acceptors (Lipinski definition) is 5. The predicted molar refractivity (Wildman–Crippen MR) is 90.3 cm³/mol. The summed E-state index contributed by atoms with van der Waals surface area (Å²) in [5, 5.41) is 7.00. The molecule has 1 N–H and O–H groups in total. The van der Waals surface area contributed by atoms with Crippen molar-refractivity contribution in [3.05, 3.63) is 40.4 Å². The van der Waals surface area contributed by atoms with Crippen LogP contribution in [0.5, 0.6) is 5.75 Å². The maximum Gasteiger partial charge on any atom is 0.250 e. The SMILES string of the molecule is Cc1ccc(OCCC(=O)Nc2nc3sc(C)c(C)n3n2)cc1. The van der Waals surface area contributed by atoms with Crippen LogP contribution in [0.2, 0.25) is 0 Å². The molecule has 0 saturated carbocycles. The summed E-state index contributed by atoms with van der Waals surface area (Å²) in [6.07, 6.45) is 0.249. The lowest BCUT2D eigenvalue weighted by molar-refractivity contribution is -0.116. The van der Waals surface area contributed by atoms with E-state index >= 15 is 0 Å². The lowest BCUT2D eigenvalue weighted by Crippen LogP contribution is -2.16. The number of benzene rings is 1. The Morgan fingerprint density at radius 3 is 2.70 bits per heavy atom. The summed E-state index contributed by atoms with van der Waals surface area (Å²) >= 11 is 1.56. The molecule has 0 unspecified atom stereocenters. The maximum atomic E-state index is 11.9. The number of carbonyl (C=O) groups is 1. The Labute approximate surface area is 138 Å². The van der Waals surface area contributed by atoms with Gasteiger partial charge in [0.25, 0.3) is 0 Å². The number of aromatic nitrogens is 3. The number of anilines is 1. The fraction of sp³-hybridized carbons (Fsp3) is 0.312. The third-order valence-corrected chi connectivity index (χ3v) is 4.57. The van der Waals surface area contributed by atoms with E-state index < -0.39 is 0 Å². The van der Waals surface area contributed by atoms with Crippen LogP contribution in [0.3, 0.4) is 0 Å². The van der Waals surface area contributed by atoms with Crippen LogP contribution >= 0.6 is 11.3 Å². The largest absolute Gasteiger partial charge is 0.493 e. The zero-order chi connectivity index (χ0) is 16.4. The Morgan fingerprint density at radius 2 is 2.00 bits per heavy atom. The van der Waals surface area contributed by atoms with E-state index in [2.05, 4.69) is 15.4 Å². The van der Waals surface area contributed by atoms with Gasteiger partial charge in [-0.3, -0.25) is 10.1 Å². The van der Waals surface area contributed by atoms with Crippen molar-refractivity contribution in [3.8, 4) is 5.75 Å². The van der Waals surface area contributed by atoms with E-state index in [0.29, 0.717) is 12.6 Å². The molecule has 3 aromatic rings. The van der Waals surface area contributed by atoms with Crippen LogP contribution < -0.4 is 10.1 Å². The highest BCUT2D eigenvalue weighted by Gasteiger charge is 2.12. The molecule has 0 aliphatic heterocycles. The van der Waals surface area contributed by atoms with Gasteiger partial charge in [0.2, 0.25) is 16.8 Å². The molecule has 23 heavy (non-hydrogen) atoms. The van der Waals surface area contributed by atoms with Crippen molar-refractivity contribution >= 4 is 28.2 Å². The van der Waals surface area contributed by atoms with E-state index in [1.165, 1.54) is 10.4 Å². The number of hydrogen-bond donors (Lipinski definition) is 1. The lowest BCUT2D eigenvalue weighted by atomic mass is 10.2. The molecule has 0 aliphatic rings. The topological polar surface area (TPSA) is 68.5 Å². The first kappa shape index (κ1) is 15.5. The summed E-state index contributed by atoms with van der Waals surface area (Å²) in [6.45, 7) is 6.34. The summed E-state index contributed by atoms with van der Waals surface area (Å²) in [6, 6.07) is 7.73. The average molecular weight is 330 g/mol. The van der Waals surface area contributed by atoms with Crippen molar-refractivity contribution in [2.45, 2.75) is 27.2 Å². The summed E-state index contributed by atoms with van der Waals surface area (Å²) in [4.78, 5) is 18.2. The Morgan fingerprint density at radius 1 is 1.26 bits per heavy atom. The van der Waals surface area contributed by atoms with Gasteiger partial charge in [-0.2, -0.15) is 4.98 Å². The Balaban J connectivity index is 1.53. The van der Waals surface area contributed by atoms with E-state index in [1.807, 2.05) is 45.0 Å². The summed E-state index contributed by atoms with van der Waals surface area (Å²) in [5.74, 6) is 0.930. The molecular weight excluding hydrogens is 312 g/mol. The van der Waals surface area contributed by atoms with Crippen molar-refractivity contribution in [1.82, 2.24) is 14.6 Å². The highest BCUT2D eigenvalue weighted by Crippen LogP contribution is 2.21. The van der Waals surface area contributed by atoms with E-state index in [1.54, 1.807) is 15.9 Å². The number of nitrogens with zero attached hydrogens (tertiary/aromatic N) is 3. The van der Waals surface area contributed by atoms with E-state index in [9.17, 15) is 4.79 Å².